The van der Waals surface area contributed by atoms with E-state index >= 15 is 0 Å². The molecule has 21 heavy (non-hydrogen) atoms. The Morgan fingerprint density at radius 3 is 2.14 bits per heavy atom. The molecule has 1 nitrogen and oxygen atoms in total. The molecule has 0 aromatic heterocycles. The molecule has 1 aliphatic carbocycles. The van der Waals surface area contributed by atoms with Crippen molar-refractivity contribution in [2.45, 2.75) is 24.9 Å². The van der Waals surface area contributed by atoms with Gasteiger partial charge in [0.05, 0.1) is 5.60 Å². The van der Waals surface area contributed by atoms with E-state index in [1.807, 2.05) is 36.4 Å². The Bertz CT molecular complexity index is 640. The van der Waals surface area contributed by atoms with Gasteiger partial charge in [0, 0.05) is 12.8 Å². The van der Waals surface area contributed by atoms with Crippen molar-refractivity contribution in [1.29, 1.82) is 0 Å². The van der Waals surface area contributed by atoms with E-state index < -0.39 is 5.60 Å². The predicted molar refractivity (Wildman–Crippen MR) is 87.1 cm³/mol. The summed E-state index contributed by atoms with van der Waals surface area (Å²) in [6, 6.07) is 20.6. The molecular formula is C20H20O. The first-order valence-corrected chi connectivity index (χ1v) is 7.41. The molecule has 1 atom stereocenters. The van der Waals surface area contributed by atoms with Crippen molar-refractivity contribution >= 4 is 0 Å². The number of benzene rings is 2. The second-order valence-electron chi connectivity index (χ2n) is 5.79. The molecule has 1 heteroatoms. The van der Waals surface area contributed by atoms with Gasteiger partial charge in [-0.1, -0.05) is 84.5 Å². The van der Waals surface area contributed by atoms with Crippen molar-refractivity contribution in [3.05, 3.63) is 95.6 Å². The van der Waals surface area contributed by atoms with E-state index in [0.717, 1.165) is 6.42 Å². The molecule has 0 fully saturated rings. The van der Waals surface area contributed by atoms with Crippen molar-refractivity contribution in [3.63, 3.8) is 0 Å². The molecule has 0 heterocycles. The lowest BCUT2D eigenvalue weighted by molar-refractivity contribution is 0.0897. The van der Waals surface area contributed by atoms with Crippen LogP contribution in [0.2, 0.25) is 0 Å². The van der Waals surface area contributed by atoms with Gasteiger partial charge in [0.2, 0.25) is 0 Å². The summed E-state index contributed by atoms with van der Waals surface area (Å²) < 4.78 is 0. The van der Waals surface area contributed by atoms with Gasteiger partial charge in [-0.05, 0) is 17.5 Å². The summed E-state index contributed by atoms with van der Waals surface area (Å²) in [5.41, 5.74) is 2.98. The average molecular weight is 276 g/mol. The summed E-state index contributed by atoms with van der Waals surface area (Å²) in [4.78, 5) is 0. The second kappa shape index (κ2) is 6.11. The Labute approximate surface area is 126 Å². The van der Waals surface area contributed by atoms with Crippen LogP contribution in [0, 0.1) is 0 Å². The highest BCUT2D eigenvalue weighted by Crippen LogP contribution is 2.28. The van der Waals surface area contributed by atoms with Crippen LogP contribution in [-0.4, -0.2) is 10.7 Å². The molecule has 106 valence electrons. The molecule has 0 saturated carbocycles. The lowest BCUT2D eigenvalue weighted by atomic mass is 9.83. The van der Waals surface area contributed by atoms with E-state index in [9.17, 15) is 5.11 Å². The Morgan fingerprint density at radius 2 is 1.48 bits per heavy atom. The quantitative estimate of drug-likeness (QED) is 0.891. The highest BCUT2D eigenvalue weighted by molar-refractivity contribution is 5.32. The zero-order valence-electron chi connectivity index (χ0n) is 12.1. The van der Waals surface area contributed by atoms with Crippen LogP contribution < -0.4 is 0 Å². The van der Waals surface area contributed by atoms with E-state index in [1.54, 1.807) is 0 Å². The third-order valence-electron chi connectivity index (χ3n) is 3.90. The van der Waals surface area contributed by atoms with Crippen LogP contribution in [0.25, 0.3) is 0 Å². The first-order valence-electron chi connectivity index (χ1n) is 7.41. The molecular weight excluding hydrogens is 256 g/mol. The van der Waals surface area contributed by atoms with Gasteiger partial charge in [0.1, 0.15) is 0 Å². The van der Waals surface area contributed by atoms with Crippen LogP contribution >= 0.6 is 0 Å². The van der Waals surface area contributed by atoms with Gasteiger partial charge in [-0.3, -0.25) is 0 Å². The maximum atomic E-state index is 10.8. The van der Waals surface area contributed by atoms with Crippen molar-refractivity contribution in [1.82, 2.24) is 0 Å². The van der Waals surface area contributed by atoms with Crippen LogP contribution in [0.4, 0.5) is 0 Å². The summed E-state index contributed by atoms with van der Waals surface area (Å²) in [5, 5.41) is 10.8. The minimum atomic E-state index is -0.764. The fourth-order valence-electron chi connectivity index (χ4n) is 2.92. The molecule has 0 spiro atoms. The lowest BCUT2D eigenvalue weighted by Crippen LogP contribution is -2.31. The molecule has 0 bridgehead atoms. The van der Waals surface area contributed by atoms with E-state index in [-0.39, 0.29) is 0 Å². The Morgan fingerprint density at radius 1 is 0.857 bits per heavy atom. The standard InChI is InChI=1S/C20H20O/c21-20(15-18-10-5-2-6-11-18)13-7-12-19(16-20)14-17-8-3-1-4-9-17/h1-13,21H,14-16H2. The summed E-state index contributed by atoms with van der Waals surface area (Å²) in [6.07, 6.45) is 8.32. The van der Waals surface area contributed by atoms with Gasteiger partial charge in [-0.2, -0.15) is 0 Å². The highest BCUT2D eigenvalue weighted by atomic mass is 16.3. The topological polar surface area (TPSA) is 20.2 Å². The monoisotopic (exact) mass is 276 g/mol. The van der Waals surface area contributed by atoms with Crippen molar-refractivity contribution < 1.29 is 5.11 Å². The van der Waals surface area contributed by atoms with Gasteiger partial charge in [-0.15, -0.1) is 0 Å². The first kappa shape index (κ1) is 13.8. The van der Waals surface area contributed by atoms with Gasteiger partial charge >= 0.3 is 0 Å². The highest BCUT2D eigenvalue weighted by Gasteiger charge is 2.27. The zero-order chi connectivity index (χ0) is 14.5. The molecule has 2 aromatic rings. The predicted octanol–water partition coefficient (Wildman–Crippen LogP) is 4.09. The van der Waals surface area contributed by atoms with Crippen LogP contribution in [0.1, 0.15) is 17.5 Å². The smallest absolute Gasteiger partial charge is 0.0908 e. The van der Waals surface area contributed by atoms with Crippen LogP contribution in [0.5, 0.6) is 0 Å². The number of allylic oxidation sites excluding steroid dienone is 2. The van der Waals surface area contributed by atoms with E-state index in [2.05, 4.69) is 42.5 Å². The summed E-state index contributed by atoms with van der Waals surface area (Å²) >= 11 is 0. The molecule has 1 unspecified atom stereocenters. The molecule has 0 aliphatic heterocycles. The van der Waals surface area contributed by atoms with Crippen molar-refractivity contribution in [2.24, 2.45) is 0 Å². The fourth-order valence-corrected chi connectivity index (χ4v) is 2.92. The third-order valence-corrected chi connectivity index (χ3v) is 3.90. The number of hydrogen-bond donors (Lipinski definition) is 1. The van der Waals surface area contributed by atoms with Gasteiger partial charge < -0.3 is 5.11 Å². The molecule has 1 N–H and O–H groups in total. The molecule has 0 saturated heterocycles. The third kappa shape index (κ3) is 3.71. The Kier molecular flexibility index (Phi) is 4.03. The van der Waals surface area contributed by atoms with Gasteiger partial charge in [0.25, 0.3) is 0 Å². The van der Waals surface area contributed by atoms with Crippen LogP contribution in [0.3, 0.4) is 0 Å². The minimum absolute atomic E-state index is 0.663. The van der Waals surface area contributed by atoms with Gasteiger partial charge in [0.15, 0.2) is 0 Å². The zero-order valence-corrected chi connectivity index (χ0v) is 12.1. The Balaban J connectivity index is 1.70. The lowest BCUT2D eigenvalue weighted by Gasteiger charge is -2.28. The maximum absolute atomic E-state index is 10.8. The first-order chi connectivity index (χ1) is 10.2. The molecule has 0 amide bonds. The van der Waals surface area contributed by atoms with Crippen molar-refractivity contribution in [3.8, 4) is 0 Å². The summed E-state index contributed by atoms with van der Waals surface area (Å²) in [6.45, 7) is 0. The van der Waals surface area contributed by atoms with E-state index in [4.69, 9.17) is 0 Å². The average Bonchev–Trinajstić information content (AvgIpc) is 2.49. The molecule has 2 aromatic carbocycles. The molecule has 3 rings (SSSR count). The summed E-state index contributed by atoms with van der Waals surface area (Å²) in [7, 11) is 0. The van der Waals surface area contributed by atoms with E-state index in [1.165, 1.54) is 16.7 Å². The number of aliphatic hydroxyl groups is 1. The maximum Gasteiger partial charge on any atom is 0.0908 e. The van der Waals surface area contributed by atoms with Crippen molar-refractivity contribution in [2.75, 3.05) is 0 Å². The second-order valence-corrected chi connectivity index (χ2v) is 5.79. The fraction of sp³-hybridized carbons (Fsp3) is 0.200. The number of rotatable bonds is 4. The summed E-state index contributed by atoms with van der Waals surface area (Å²) in [5.74, 6) is 0. The minimum Gasteiger partial charge on any atom is -0.385 e. The Hall–Kier alpha value is -2.12. The largest absolute Gasteiger partial charge is 0.385 e. The van der Waals surface area contributed by atoms with Crippen LogP contribution in [-0.2, 0) is 12.8 Å². The molecule has 1 aliphatic rings. The SMILES string of the molecule is OC1(Cc2ccccc2)C=CC=C(Cc2ccccc2)C1. The van der Waals surface area contributed by atoms with Gasteiger partial charge in [-0.25, -0.2) is 0 Å². The van der Waals surface area contributed by atoms with E-state index in [0.29, 0.717) is 12.8 Å². The normalized spacial score (nSPS) is 21.1. The number of hydrogen-bond acceptors (Lipinski definition) is 1. The van der Waals surface area contributed by atoms with Crippen LogP contribution in [0.15, 0.2) is 84.5 Å². The molecule has 0 radical (unpaired) electrons.